The summed E-state index contributed by atoms with van der Waals surface area (Å²) in [5.41, 5.74) is 0.912. The highest BCUT2D eigenvalue weighted by molar-refractivity contribution is 8.00. The van der Waals surface area contributed by atoms with Crippen molar-refractivity contribution in [2.75, 3.05) is 11.5 Å². The average molecular weight is 326 g/mol. The molecular weight excluding hydrogens is 308 g/mol. The summed E-state index contributed by atoms with van der Waals surface area (Å²) in [7, 11) is 0. The van der Waals surface area contributed by atoms with Gasteiger partial charge < -0.3 is 10.1 Å². The maximum absolute atomic E-state index is 11.9. The fourth-order valence-electron chi connectivity index (χ4n) is 2.10. The molecule has 0 aliphatic carbocycles. The van der Waals surface area contributed by atoms with Crippen molar-refractivity contribution in [3.05, 3.63) is 60.2 Å². The molecule has 2 aromatic carbocycles. The minimum atomic E-state index is -0.176. The van der Waals surface area contributed by atoms with E-state index in [4.69, 9.17) is 10.00 Å². The van der Waals surface area contributed by atoms with Crippen molar-refractivity contribution in [2.45, 2.75) is 13.0 Å². The van der Waals surface area contributed by atoms with Crippen LogP contribution in [0.2, 0.25) is 0 Å². The van der Waals surface area contributed by atoms with Gasteiger partial charge in [-0.05, 0) is 25.1 Å². The summed E-state index contributed by atoms with van der Waals surface area (Å²) in [6.45, 7) is 1.92. The number of hydrogen-bond acceptors (Lipinski definition) is 4. The number of ether oxygens (including phenoxy) is 1. The maximum atomic E-state index is 11.9. The van der Waals surface area contributed by atoms with Gasteiger partial charge in [0.2, 0.25) is 5.91 Å². The van der Waals surface area contributed by atoms with Gasteiger partial charge in [-0.1, -0.05) is 36.4 Å². The van der Waals surface area contributed by atoms with E-state index in [0.29, 0.717) is 5.75 Å². The first-order valence-corrected chi connectivity index (χ1v) is 8.42. The smallest absolute Gasteiger partial charge is 0.230 e. The van der Waals surface area contributed by atoms with Crippen LogP contribution in [0.25, 0.3) is 0 Å². The standard InChI is InChI=1S/C18H18N2O2S/c1-14(20-18(21)13-23-12-11-19)16-9-5-6-10-17(16)22-15-7-3-2-4-8-15/h2-10,14H,12-13H2,1H3,(H,20,21)/t14-/m0/s1. The molecule has 0 unspecified atom stereocenters. The number of benzene rings is 2. The van der Waals surface area contributed by atoms with Crippen molar-refractivity contribution in [1.29, 1.82) is 5.26 Å². The molecule has 23 heavy (non-hydrogen) atoms. The molecule has 0 aliphatic rings. The van der Waals surface area contributed by atoms with Gasteiger partial charge in [-0.3, -0.25) is 4.79 Å². The lowest BCUT2D eigenvalue weighted by Crippen LogP contribution is -2.28. The lowest BCUT2D eigenvalue weighted by atomic mass is 10.1. The molecule has 118 valence electrons. The van der Waals surface area contributed by atoms with Crippen LogP contribution >= 0.6 is 11.8 Å². The molecule has 2 rings (SSSR count). The quantitative estimate of drug-likeness (QED) is 0.784. The van der Waals surface area contributed by atoms with Crippen molar-refractivity contribution >= 4 is 17.7 Å². The summed E-state index contributed by atoms with van der Waals surface area (Å²) in [4.78, 5) is 11.9. The van der Waals surface area contributed by atoms with Crippen LogP contribution in [0.15, 0.2) is 54.6 Å². The molecule has 0 saturated heterocycles. The zero-order valence-electron chi connectivity index (χ0n) is 12.9. The number of rotatable bonds is 7. The average Bonchev–Trinajstić information content (AvgIpc) is 2.56. The number of nitrogens with zero attached hydrogens (tertiary/aromatic N) is 1. The Labute approximate surface area is 140 Å². The van der Waals surface area contributed by atoms with Crippen LogP contribution in [0, 0.1) is 11.3 Å². The fraction of sp³-hybridized carbons (Fsp3) is 0.222. The van der Waals surface area contributed by atoms with E-state index in [9.17, 15) is 4.79 Å². The van der Waals surface area contributed by atoms with Crippen LogP contribution in [0.3, 0.4) is 0 Å². The van der Waals surface area contributed by atoms with Crippen molar-refractivity contribution in [1.82, 2.24) is 5.32 Å². The molecule has 1 N–H and O–H groups in total. The van der Waals surface area contributed by atoms with Gasteiger partial charge in [0.15, 0.2) is 0 Å². The number of carbonyl (C=O) groups excluding carboxylic acids is 1. The number of nitrogens with one attached hydrogen (secondary N) is 1. The molecule has 0 saturated carbocycles. The van der Waals surface area contributed by atoms with Crippen LogP contribution in [0.1, 0.15) is 18.5 Å². The third-order valence-corrected chi connectivity index (χ3v) is 3.93. The highest BCUT2D eigenvalue weighted by Gasteiger charge is 2.14. The van der Waals surface area contributed by atoms with Crippen LogP contribution < -0.4 is 10.1 Å². The Bertz CT molecular complexity index is 683. The van der Waals surface area contributed by atoms with Gasteiger partial charge in [0.25, 0.3) is 0 Å². The second-order valence-electron chi connectivity index (χ2n) is 4.89. The first kappa shape index (κ1) is 16.9. The van der Waals surface area contributed by atoms with E-state index < -0.39 is 0 Å². The van der Waals surface area contributed by atoms with Crippen LogP contribution in [-0.2, 0) is 4.79 Å². The molecule has 2 aromatic rings. The molecule has 0 spiro atoms. The Morgan fingerprint density at radius 3 is 2.65 bits per heavy atom. The zero-order valence-corrected chi connectivity index (χ0v) is 13.7. The van der Waals surface area contributed by atoms with Crippen LogP contribution in [0.5, 0.6) is 11.5 Å². The molecule has 0 fully saturated rings. The Morgan fingerprint density at radius 1 is 1.22 bits per heavy atom. The van der Waals surface area contributed by atoms with E-state index in [1.807, 2.05) is 67.6 Å². The van der Waals surface area contributed by atoms with Crippen molar-refractivity contribution < 1.29 is 9.53 Å². The van der Waals surface area contributed by atoms with E-state index in [1.54, 1.807) is 0 Å². The topological polar surface area (TPSA) is 62.1 Å². The van der Waals surface area contributed by atoms with Gasteiger partial charge in [0, 0.05) is 5.56 Å². The number of nitriles is 1. The second kappa shape index (κ2) is 8.86. The molecule has 0 aromatic heterocycles. The molecule has 1 atom stereocenters. The minimum Gasteiger partial charge on any atom is -0.457 e. The molecule has 5 heteroatoms. The van der Waals surface area contributed by atoms with Gasteiger partial charge >= 0.3 is 0 Å². The number of hydrogen-bond donors (Lipinski definition) is 1. The molecule has 1 amide bonds. The lowest BCUT2D eigenvalue weighted by molar-refractivity contribution is -0.119. The predicted octanol–water partition coefficient (Wildman–Crippen LogP) is 3.91. The van der Waals surface area contributed by atoms with Gasteiger partial charge in [0.1, 0.15) is 11.5 Å². The molecule has 0 heterocycles. The number of amides is 1. The van der Waals surface area contributed by atoms with E-state index >= 15 is 0 Å². The fourth-order valence-corrected chi connectivity index (χ4v) is 2.56. The van der Waals surface area contributed by atoms with Crippen molar-refractivity contribution in [3.63, 3.8) is 0 Å². The van der Waals surface area contributed by atoms with Gasteiger partial charge in [-0.15, -0.1) is 11.8 Å². The summed E-state index contributed by atoms with van der Waals surface area (Å²) in [5.74, 6) is 1.97. The monoisotopic (exact) mass is 326 g/mol. The summed E-state index contributed by atoms with van der Waals surface area (Å²) in [6, 6.07) is 19.0. The third kappa shape index (κ3) is 5.35. The first-order chi connectivity index (χ1) is 11.2. The van der Waals surface area contributed by atoms with E-state index in [2.05, 4.69) is 5.32 Å². The van der Waals surface area contributed by atoms with Crippen LogP contribution in [0.4, 0.5) is 0 Å². The van der Waals surface area contributed by atoms with E-state index in [1.165, 1.54) is 11.8 Å². The summed E-state index contributed by atoms with van der Waals surface area (Å²) in [5, 5.41) is 11.4. The number of thioether (sulfide) groups is 1. The molecule has 4 nitrogen and oxygen atoms in total. The lowest BCUT2D eigenvalue weighted by Gasteiger charge is -2.18. The summed E-state index contributed by atoms with van der Waals surface area (Å²) in [6.07, 6.45) is 0. The number of para-hydroxylation sites is 2. The minimum absolute atomic E-state index is 0.0905. The van der Waals surface area contributed by atoms with Gasteiger partial charge in [-0.25, -0.2) is 0 Å². The molecule has 0 bridgehead atoms. The van der Waals surface area contributed by atoms with Crippen LogP contribution in [-0.4, -0.2) is 17.4 Å². The Morgan fingerprint density at radius 2 is 1.91 bits per heavy atom. The molecule has 0 radical (unpaired) electrons. The second-order valence-corrected chi connectivity index (χ2v) is 5.88. The van der Waals surface area contributed by atoms with E-state index in [0.717, 1.165) is 17.1 Å². The number of carbonyl (C=O) groups is 1. The summed E-state index contributed by atoms with van der Waals surface area (Å²) >= 11 is 1.30. The molecule has 0 aliphatic heterocycles. The van der Waals surface area contributed by atoms with Gasteiger partial charge in [-0.2, -0.15) is 5.26 Å². The highest BCUT2D eigenvalue weighted by atomic mass is 32.2. The molecular formula is C18H18N2O2S. The van der Waals surface area contributed by atoms with Crippen molar-refractivity contribution in [3.8, 4) is 17.6 Å². The predicted molar refractivity (Wildman–Crippen MR) is 92.5 cm³/mol. The maximum Gasteiger partial charge on any atom is 0.230 e. The van der Waals surface area contributed by atoms with Crippen molar-refractivity contribution in [2.24, 2.45) is 0 Å². The van der Waals surface area contributed by atoms with Gasteiger partial charge in [0.05, 0.1) is 23.6 Å². The summed E-state index contributed by atoms with van der Waals surface area (Å²) < 4.78 is 5.91. The SMILES string of the molecule is C[C@H](NC(=O)CSCC#N)c1ccccc1Oc1ccccc1. The first-order valence-electron chi connectivity index (χ1n) is 7.26. The highest BCUT2D eigenvalue weighted by Crippen LogP contribution is 2.29. The largest absolute Gasteiger partial charge is 0.457 e. The zero-order chi connectivity index (χ0) is 16.5. The normalized spacial score (nSPS) is 11.3. The Balaban J connectivity index is 2.04. The third-order valence-electron chi connectivity index (χ3n) is 3.13. The van der Waals surface area contributed by atoms with E-state index in [-0.39, 0.29) is 17.7 Å². The Kier molecular flexibility index (Phi) is 6.52. The Hall–Kier alpha value is -2.45.